The van der Waals surface area contributed by atoms with Crippen molar-refractivity contribution in [3.63, 3.8) is 0 Å². The molecule has 0 unspecified atom stereocenters. The molecule has 27 heavy (non-hydrogen) atoms. The van der Waals surface area contributed by atoms with E-state index in [1.165, 1.54) is 0 Å². The van der Waals surface area contributed by atoms with Crippen LogP contribution in [0.3, 0.4) is 0 Å². The van der Waals surface area contributed by atoms with Gasteiger partial charge in [-0.2, -0.15) is 10.4 Å². The van der Waals surface area contributed by atoms with Gasteiger partial charge in [0.2, 0.25) is 10.0 Å². The smallest absolute Gasteiger partial charge is 0.208 e. The number of fused-ring (bicyclic) bond motifs is 1. The third-order valence-electron chi connectivity index (χ3n) is 3.82. The first-order valence-electron chi connectivity index (χ1n) is 7.76. The number of H-pyrrole nitrogens is 1. The number of benzene rings is 1. The Labute approximate surface area is 165 Å². The van der Waals surface area contributed by atoms with Gasteiger partial charge >= 0.3 is 0 Å². The van der Waals surface area contributed by atoms with E-state index in [1.54, 1.807) is 23.0 Å². The summed E-state index contributed by atoms with van der Waals surface area (Å²) < 4.78 is 32.5. The molecule has 0 fully saturated rings. The van der Waals surface area contributed by atoms with E-state index in [2.05, 4.69) is 14.9 Å². The predicted octanol–water partition coefficient (Wildman–Crippen LogP) is 2.79. The fourth-order valence-corrected chi connectivity index (χ4v) is 3.68. The van der Waals surface area contributed by atoms with Gasteiger partial charge < -0.3 is 9.30 Å². The van der Waals surface area contributed by atoms with Crippen LogP contribution in [-0.2, 0) is 16.6 Å². The van der Waals surface area contributed by atoms with Crippen LogP contribution in [0.1, 0.15) is 0 Å². The number of hydrogen-bond acceptors (Lipinski definition) is 5. The number of halogens is 2. The Kier molecular flexibility index (Phi) is 5.62. The van der Waals surface area contributed by atoms with Crippen LogP contribution in [-0.4, -0.2) is 42.6 Å². The third-order valence-corrected chi connectivity index (χ3v) is 5.32. The molecule has 1 aromatic carbocycles. The summed E-state index contributed by atoms with van der Waals surface area (Å²) in [5.41, 5.74) is 2.14. The summed E-state index contributed by atoms with van der Waals surface area (Å²) in [6, 6.07) is 3.49. The van der Waals surface area contributed by atoms with E-state index in [4.69, 9.17) is 33.2 Å². The molecule has 142 valence electrons. The van der Waals surface area contributed by atoms with Crippen molar-refractivity contribution in [1.29, 1.82) is 5.26 Å². The third kappa shape index (κ3) is 4.20. The zero-order chi connectivity index (χ0) is 19.6. The standard InChI is InChI=1S/C16H15Cl2N5O3S/c1-27(24,25)22-3-4-23-9-11(10-7-20-21-8-10)14-13(26-5-2-19)6-12(17)15(18)16(14)23/h6-9,22H,3-5H2,1H3,(H,20,21). The Morgan fingerprint density at radius 3 is 2.85 bits per heavy atom. The molecule has 0 saturated carbocycles. The van der Waals surface area contributed by atoms with Crippen molar-refractivity contribution in [3.05, 3.63) is 34.7 Å². The Balaban J connectivity index is 2.18. The van der Waals surface area contributed by atoms with Crippen LogP contribution in [0, 0.1) is 11.3 Å². The van der Waals surface area contributed by atoms with Crippen LogP contribution in [0.5, 0.6) is 5.75 Å². The van der Waals surface area contributed by atoms with Crippen molar-refractivity contribution < 1.29 is 13.2 Å². The van der Waals surface area contributed by atoms with Crippen LogP contribution < -0.4 is 9.46 Å². The summed E-state index contributed by atoms with van der Waals surface area (Å²) >= 11 is 12.7. The van der Waals surface area contributed by atoms with Crippen LogP contribution >= 0.6 is 23.2 Å². The van der Waals surface area contributed by atoms with Crippen molar-refractivity contribution in [2.75, 3.05) is 19.4 Å². The fraction of sp³-hybridized carbons (Fsp3) is 0.250. The number of ether oxygens (including phenoxy) is 1. The van der Waals surface area contributed by atoms with Crippen LogP contribution in [0.2, 0.25) is 10.0 Å². The molecule has 11 heteroatoms. The molecule has 0 radical (unpaired) electrons. The summed E-state index contributed by atoms with van der Waals surface area (Å²) in [4.78, 5) is 0. The second-order valence-corrected chi connectivity index (χ2v) is 8.35. The number of nitriles is 1. The maximum Gasteiger partial charge on any atom is 0.208 e. The lowest BCUT2D eigenvalue weighted by atomic mass is 10.1. The van der Waals surface area contributed by atoms with Gasteiger partial charge in [0.15, 0.2) is 6.61 Å². The van der Waals surface area contributed by atoms with Crippen molar-refractivity contribution in [2.24, 2.45) is 0 Å². The summed E-state index contributed by atoms with van der Waals surface area (Å²) in [5.74, 6) is 0.409. The molecule has 3 rings (SSSR count). The molecule has 0 aliphatic rings. The quantitative estimate of drug-likeness (QED) is 0.601. The van der Waals surface area contributed by atoms with E-state index in [-0.39, 0.29) is 18.2 Å². The van der Waals surface area contributed by atoms with Gasteiger partial charge in [-0.1, -0.05) is 23.2 Å². The van der Waals surface area contributed by atoms with Crippen molar-refractivity contribution in [2.45, 2.75) is 6.54 Å². The molecular weight excluding hydrogens is 413 g/mol. The monoisotopic (exact) mass is 427 g/mol. The minimum absolute atomic E-state index is 0.154. The number of hydrogen-bond donors (Lipinski definition) is 2. The SMILES string of the molecule is CS(=O)(=O)NCCn1cc(-c2cn[nH]c2)c2c(OCC#N)cc(Cl)c(Cl)c21. The van der Waals surface area contributed by atoms with Gasteiger partial charge in [-0.3, -0.25) is 5.10 Å². The number of aromatic nitrogens is 3. The summed E-state index contributed by atoms with van der Waals surface area (Å²) in [7, 11) is -3.32. The molecule has 2 N–H and O–H groups in total. The zero-order valence-corrected chi connectivity index (χ0v) is 16.5. The van der Waals surface area contributed by atoms with Crippen molar-refractivity contribution in [1.82, 2.24) is 19.5 Å². The largest absolute Gasteiger partial charge is 0.478 e. The van der Waals surface area contributed by atoms with Crippen LogP contribution in [0.15, 0.2) is 24.7 Å². The first kappa shape index (κ1) is 19.5. The summed E-state index contributed by atoms with van der Waals surface area (Å²) in [6.07, 6.45) is 6.27. The van der Waals surface area contributed by atoms with E-state index in [1.807, 2.05) is 12.3 Å². The predicted molar refractivity (Wildman–Crippen MR) is 103 cm³/mol. The van der Waals surface area contributed by atoms with Gasteiger partial charge in [0.05, 0.1) is 33.4 Å². The Bertz CT molecular complexity index is 1120. The number of sulfonamides is 1. The Hall–Kier alpha value is -2.25. The zero-order valence-electron chi connectivity index (χ0n) is 14.2. The highest BCUT2D eigenvalue weighted by molar-refractivity contribution is 7.88. The molecular formula is C16H15Cl2N5O3S. The number of aromatic amines is 1. The second-order valence-electron chi connectivity index (χ2n) is 5.73. The molecule has 0 bridgehead atoms. The van der Waals surface area contributed by atoms with E-state index in [0.29, 0.717) is 28.2 Å². The van der Waals surface area contributed by atoms with Crippen molar-refractivity contribution in [3.8, 4) is 22.9 Å². The highest BCUT2D eigenvalue weighted by atomic mass is 35.5. The van der Waals surface area contributed by atoms with Gasteiger partial charge in [-0.25, -0.2) is 13.1 Å². The number of rotatable bonds is 7. The van der Waals surface area contributed by atoms with Gasteiger partial charge in [-0.15, -0.1) is 0 Å². The van der Waals surface area contributed by atoms with E-state index >= 15 is 0 Å². The summed E-state index contributed by atoms with van der Waals surface area (Å²) in [6.45, 7) is 0.336. The van der Waals surface area contributed by atoms with E-state index < -0.39 is 10.0 Å². The maximum atomic E-state index is 11.3. The molecule has 0 saturated heterocycles. The molecule has 0 aliphatic carbocycles. The van der Waals surface area contributed by atoms with E-state index in [9.17, 15) is 8.42 Å². The second kappa shape index (κ2) is 7.78. The molecule has 8 nitrogen and oxygen atoms in total. The normalized spacial score (nSPS) is 11.6. The van der Waals surface area contributed by atoms with Crippen LogP contribution in [0.4, 0.5) is 0 Å². The van der Waals surface area contributed by atoms with Crippen LogP contribution in [0.25, 0.3) is 22.0 Å². The number of nitrogens with one attached hydrogen (secondary N) is 2. The minimum Gasteiger partial charge on any atom is -0.478 e. The first-order chi connectivity index (χ1) is 12.8. The average molecular weight is 428 g/mol. The van der Waals surface area contributed by atoms with Crippen molar-refractivity contribution >= 4 is 44.1 Å². The molecule has 3 aromatic rings. The maximum absolute atomic E-state index is 11.3. The van der Waals surface area contributed by atoms with Gasteiger partial charge in [0, 0.05) is 42.7 Å². The molecule has 0 aliphatic heterocycles. The molecule has 0 spiro atoms. The molecule has 0 amide bonds. The van der Waals surface area contributed by atoms with Gasteiger partial charge in [0.25, 0.3) is 0 Å². The van der Waals surface area contributed by atoms with Gasteiger partial charge in [-0.05, 0) is 0 Å². The van der Waals surface area contributed by atoms with E-state index in [0.717, 1.165) is 17.4 Å². The average Bonchev–Trinajstić information content (AvgIpc) is 3.23. The summed E-state index contributed by atoms with van der Waals surface area (Å²) in [5, 5.41) is 16.8. The highest BCUT2D eigenvalue weighted by Gasteiger charge is 2.21. The topological polar surface area (TPSA) is 113 Å². The molecule has 2 heterocycles. The lowest BCUT2D eigenvalue weighted by molar-refractivity contribution is 0.372. The minimum atomic E-state index is -3.32. The lowest BCUT2D eigenvalue weighted by Crippen LogP contribution is -2.25. The fourth-order valence-electron chi connectivity index (χ4n) is 2.77. The molecule has 0 atom stereocenters. The number of nitrogens with zero attached hydrogens (tertiary/aromatic N) is 3. The lowest BCUT2D eigenvalue weighted by Gasteiger charge is -2.11. The van der Waals surface area contributed by atoms with Gasteiger partial charge in [0.1, 0.15) is 11.8 Å². The first-order valence-corrected chi connectivity index (χ1v) is 10.4. The molecule has 2 aromatic heterocycles. The Morgan fingerprint density at radius 2 is 2.22 bits per heavy atom. The highest BCUT2D eigenvalue weighted by Crippen LogP contribution is 2.43. The Morgan fingerprint density at radius 1 is 1.44 bits per heavy atom.